The van der Waals surface area contributed by atoms with Gasteiger partial charge in [0, 0.05) is 17.6 Å². The zero-order chi connectivity index (χ0) is 16.4. The van der Waals surface area contributed by atoms with Gasteiger partial charge in [-0.3, -0.25) is 0 Å². The van der Waals surface area contributed by atoms with Gasteiger partial charge in [-0.05, 0) is 12.5 Å². The van der Waals surface area contributed by atoms with E-state index >= 15 is 0 Å². The van der Waals surface area contributed by atoms with E-state index in [4.69, 9.17) is 24.5 Å². The van der Waals surface area contributed by atoms with Crippen LogP contribution in [0.4, 0.5) is 0 Å². The fraction of sp³-hybridized carbons (Fsp3) is 0.600. The topological polar surface area (TPSA) is 106 Å². The van der Waals surface area contributed by atoms with Crippen LogP contribution in [0, 0.1) is 0 Å². The molecule has 2 saturated heterocycles. The van der Waals surface area contributed by atoms with Gasteiger partial charge in [-0.1, -0.05) is 35.4 Å². The van der Waals surface area contributed by atoms with Crippen molar-refractivity contribution in [2.24, 2.45) is 5.11 Å². The molecule has 0 amide bonds. The summed E-state index contributed by atoms with van der Waals surface area (Å²) >= 11 is 0. The molecule has 0 aromatic heterocycles. The van der Waals surface area contributed by atoms with Crippen LogP contribution in [0.15, 0.2) is 35.4 Å². The number of ether oxygens (including phenoxy) is 4. The van der Waals surface area contributed by atoms with Crippen molar-refractivity contribution in [2.75, 3.05) is 13.7 Å². The third-order valence-corrected chi connectivity index (χ3v) is 4.24. The molecule has 0 spiro atoms. The molecule has 2 aliphatic heterocycles. The Morgan fingerprint density at radius 2 is 2.13 bits per heavy atom. The van der Waals surface area contributed by atoms with Crippen LogP contribution < -0.4 is 0 Å². The summed E-state index contributed by atoms with van der Waals surface area (Å²) in [6.45, 7) is 2.03. The third kappa shape index (κ3) is 2.92. The second-order valence-electron chi connectivity index (χ2n) is 5.67. The summed E-state index contributed by atoms with van der Waals surface area (Å²) in [5.41, 5.74) is 9.65. The van der Waals surface area contributed by atoms with Crippen LogP contribution in [0.25, 0.3) is 10.4 Å². The summed E-state index contributed by atoms with van der Waals surface area (Å²) in [5, 5.41) is 14.0. The van der Waals surface area contributed by atoms with Crippen LogP contribution in [-0.4, -0.2) is 49.5 Å². The quantitative estimate of drug-likeness (QED) is 0.518. The molecule has 8 heteroatoms. The largest absolute Gasteiger partial charge is 0.387 e. The predicted octanol–water partition coefficient (Wildman–Crippen LogP) is 1.69. The molecule has 1 aromatic rings. The van der Waals surface area contributed by atoms with Crippen molar-refractivity contribution < 1.29 is 24.1 Å². The molecule has 2 aliphatic rings. The molecule has 0 saturated carbocycles. The first kappa shape index (κ1) is 16.2. The van der Waals surface area contributed by atoms with Gasteiger partial charge in [0.05, 0.1) is 12.6 Å². The molecule has 0 aliphatic carbocycles. The Labute approximate surface area is 133 Å². The number of aliphatic hydroxyl groups excluding tert-OH is 1. The number of hydrogen-bond donors (Lipinski definition) is 1. The summed E-state index contributed by atoms with van der Waals surface area (Å²) in [5.74, 6) is -1.01. The SMILES string of the molecule is CO[C@@H]1O[C@@H]2CO[C@](C)(c3ccccc3)O[C@@H]2[C@H](N=[N+]=[N-])[C@@H]1O. The minimum atomic E-state index is -1.12. The fourth-order valence-electron chi connectivity index (χ4n) is 3.00. The second kappa shape index (κ2) is 6.45. The zero-order valence-corrected chi connectivity index (χ0v) is 12.9. The Morgan fingerprint density at radius 3 is 2.78 bits per heavy atom. The maximum Gasteiger partial charge on any atom is 0.192 e. The van der Waals surface area contributed by atoms with Gasteiger partial charge in [-0.15, -0.1) is 0 Å². The third-order valence-electron chi connectivity index (χ3n) is 4.24. The summed E-state index contributed by atoms with van der Waals surface area (Å²) in [4.78, 5) is 2.82. The van der Waals surface area contributed by atoms with Crippen molar-refractivity contribution in [1.82, 2.24) is 0 Å². The lowest BCUT2D eigenvalue weighted by Gasteiger charge is -2.49. The normalized spacial score (nSPS) is 40.0. The van der Waals surface area contributed by atoms with Crippen LogP contribution in [0.5, 0.6) is 0 Å². The molecular weight excluding hydrogens is 302 g/mol. The molecule has 3 rings (SSSR count). The van der Waals surface area contributed by atoms with Crippen molar-refractivity contribution in [3.05, 3.63) is 46.3 Å². The maximum absolute atomic E-state index is 10.3. The van der Waals surface area contributed by atoms with Crippen LogP contribution in [-0.2, 0) is 24.7 Å². The first-order valence-corrected chi connectivity index (χ1v) is 7.37. The summed E-state index contributed by atoms with van der Waals surface area (Å²) in [6.07, 6.45) is -3.13. The van der Waals surface area contributed by atoms with E-state index in [0.29, 0.717) is 0 Å². The highest BCUT2D eigenvalue weighted by atomic mass is 16.8. The Bertz CT molecular complexity index is 594. The number of benzene rings is 1. The van der Waals surface area contributed by atoms with Gasteiger partial charge in [0.2, 0.25) is 0 Å². The van der Waals surface area contributed by atoms with E-state index in [9.17, 15) is 5.11 Å². The Kier molecular flexibility index (Phi) is 4.54. The molecule has 23 heavy (non-hydrogen) atoms. The monoisotopic (exact) mass is 321 g/mol. The number of fused-ring (bicyclic) bond motifs is 1. The molecule has 2 fully saturated rings. The lowest BCUT2D eigenvalue weighted by atomic mass is 9.94. The molecule has 2 heterocycles. The maximum atomic E-state index is 10.3. The minimum Gasteiger partial charge on any atom is -0.387 e. The first-order chi connectivity index (χ1) is 11.1. The average molecular weight is 321 g/mol. The van der Waals surface area contributed by atoms with E-state index in [0.717, 1.165) is 5.56 Å². The molecule has 0 radical (unpaired) electrons. The molecule has 1 aromatic carbocycles. The lowest BCUT2D eigenvalue weighted by molar-refractivity contribution is -0.373. The van der Waals surface area contributed by atoms with Crippen molar-refractivity contribution in [1.29, 1.82) is 0 Å². The van der Waals surface area contributed by atoms with E-state index in [1.165, 1.54) is 7.11 Å². The highest BCUT2D eigenvalue weighted by molar-refractivity contribution is 5.20. The molecular formula is C15H19N3O5. The minimum absolute atomic E-state index is 0.236. The van der Waals surface area contributed by atoms with Gasteiger partial charge < -0.3 is 24.1 Å². The van der Waals surface area contributed by atoms with Gasteiger partial charge >= 0.3 is 0 Å². The van der Waals surface area contributed by atoms with Gasteiger partial charge in [-0.25, -0.2) is 0 Å². The first-order valence-electron chi connectivity index (χ1n) is 7.37. The zero-order valence-electron chi connectivity index (χ0n) is 12.9. The van der Waals surface area contributed by atoms with Gasteiger partial charge in [0.15, 0.2) is 12.1 Å². The number of methoxy groups -OCH3 is 1. The molecule has 8 nitrogen and oxygen atoms in total. The van der Waals surface area contributed by atoms with Crippen LogP contribution >= 0.6 is 0 Å². The van der Waals surface area contributed by atoms with Crippen LogP contribution in [0.3, 0.4) is 0 Å². The summed E-state index contributed by atoms with van der Waals surface area (Å²) < 4.78 is 22.7. The van der Waals surface area contributed by atoms with E-state index in [1.54, 1.807) is 6.92 Å². The van der Waals surface area contributed by atoms with Crippen LogP contribution in [0.2, 0.25) is 0 Å². The molecule has 0 bridgehead atoms. The Balaban J connectivity index is 1.89. The predicted molar refractivity (Wildman–Crippen MR) is 79.2 cm³/mol. The van der Waals surface area contributed by atoms with E-state index < -0.39 is 36.4 Å². The van der Waals surface area contributed by atoms with Gasteiger partial charge in [-0.2, -0.15) is 0 Å². The van der Waals surface area contributed by atoms with Gasteiger partial charge in [0.25, 0.3) is 0 Å². The molecule has 6 atom stereocenters. The second-order valence-corrected chi connectivity index (χ2v) is 5.67. The summed E-state index contributed by atoms with van der Waals surface area (Å²) in [6, 6.07) is 8.63. The number of rotatable bonds is 3. The van der Waals surface area contributed by atoms with Gasteiger partial charge in [0.1, 0.15) is 18.3 Å². The van der Waals surface area contributed by atoms with Crippen molar-refractivity contribution >= 4 is 0 Å². The summed E-state index contributed by atoms with van der Waals surface area (Å²) in [7, 11) is 1.42. The number of azide groups is 1. The van der Waals surface area contributed by atoms with Crippen molar-refractivity contribution in [2.45, 2.75) is 43.4 Å². The Hall–Kier alpha value is -1.67. The number of hydrogen-bond acceptors (Lipinski definition) is 6. The molecule has 1 N–H and O–H groups in total. The molecule has 0 unspecified atom stereocenters. The lowest BCUT2D eigenvalue weighted by Crippen LogP contribution is -2.63. The average Bonchev–Trinajstić information content (AvgIpc) is 2.58. The number of aliphatic hydroxyl groups is 1. The highest BCUT2D eigenvalue weighted by Crippen LogP contribution is 2.39. The highest BCUT2D eigenvalue weighted by Gasteiger charge is 2.52. The fourth-order valence-corrected chi connectivity index (χ4v) is 3.00. The van der Waals surface area contributed by atoms with Crippen LogP contribution in [0.1, 0.15) is 12.5 Å². The van der Waals surface area contributed by atoms with Crippen molar-refractivity contribution in [3.8, 4) is 0 Å². The van der Waals surface area contributed by atoms with Crippen molar-refractivity contribution in [3.63, 3.8) is 0 Å². The smallest absolute Gasteiger partial charge is 0.192 e. The standard InChI is InChI=1S/C15H19N3O5/c1-15(9-6-4-3-5-7-9)21-8-10-13(23-15)11(17-18-16)12(19)14(20-2)22-10/h3-7,10-14,19H,8H2,1-2H3/t10-,11-,12+,13+,14-,15+/m1/s1. The van der Waals surface area contributed by atoms with E-state index in [-0.39, 0.29) is 6.61 Å². The Morgan fingerprint density at radius 1 is 1.39 bits per heavy atom. The molecule has 124 valence electrons. The van der Waals surface area contributed by atoms with E-state index in [2.05, 4.69) is 10.0 Å². The van der Waals surface area contributed by atoms with E-state index in [1.807, 2.05) is 30.3 Å². The number of nitrogens with zero attached hydrogens (tertiary/aromatic N) is 3.